The fourth-order valence-corrected chi connectivity index (χ4v) is 1.85. The summed E-state index contributed by atoms with van der Waals surface area (Å²) in [4.78, 5) is 32.8. The number of carbonyl (C=O) groups is 2. The van der Waals surface area contributed by atoms with Crippen molar-refractivity contribution in [3.63, 3.8) is 0 Å². The maximum Gasteiger partial charge on any atom is 0.325 e. The number of nitrogens with zero attached hydrogens (tertiary/aromatic N) is 1. The number of nitro groups is 1. The lowest BCUT2D eigenvalue weighted by Gasteiger charge is -2.12. The Balaban J connectivity index is 1.97. The van der Waals surface area contributed by atoms with Crippen LogP contribution in [0.4, 0.5) is 5.69 Å². The van der Waals surface area contributed by atoms with Crippen LogP contribution in [-0.2, 0) is 14.3 Å². The number of esters is 1. The molecule has 136 valence electrons. The second-order valence-corrected chi connectivity index (χ2v) is 4.94. The van der Waals surface area contributed by atoms with Crippen LogP contribution in [-0.4, -0.2) is 37.1 Å². The molecule has 1 amide bonds. The van der Waals surface area contributed by atoms with Gasteiger partial charge in [0, 0.05) is 12.1 Å². The zero-order valence-corrected chi connectivity index (χ0v) is 13.8. The SMILES string of the molecule is COC(=O)CNC(=O)COc1ccccc1Oc1ccc([N+](=O)[O-])cc1. The number of para-hydroxylation sites is 2. The van der Waals surface area contributed by atoms with Gasteiger partial charge in [-0.15, -0.1) is 0 Å². The number of methoxy groups -OCH3 is 1. The van der Waals surface area contributed by atoms with Crippen molar-refractivity contribution in [2.45, 2.75) is 0 Å². The van der Waals surface area contributed by atoms with Crippen molar-refractivity contribution in [1.29, 1.82) is 0 Å². The Labute approximate surface area is 148 Å². The number of amides is 1. The number of non-ortho nitro benzene ring substituents is 1. The molecule has 0 heterocycles. The van der Waals surface area contributed by atoms with Gasteiger partial charge in [-0.3, -0.25) is 19.7 Å². The molecule has 0 aliphatic rings. The van der Waals surface area contributed by atoms with E-state index in [1.54, 1.807) is 24.3 Å². The number of hydrogen-bond acceptors (Lipinski definition) is 7. The van der Waals surface area contributed by atoms with Gasteiger partial charge in [0.15, 0.2) is 18.1 Å². The maximum atomic E-state index is 11.7. The van der Waals surface area contributed by atoms with Crippen LogP contribution < -0.4 is 14.8 Å². The topological polar surface area (TPSA) is 117 Å². The van der Waals surface area contributed by atoms with E-state index >= 15 is 0 Å². The predicted octanol–water partition coefficient (Wildman–Crippen LogP) is 2.06. The normalized spacial score (nSPS) is 9.88. The summed E-state index contributed by atoms with van der Waals surface area (Å²) in [6.45, 7) is -0.572. The number of carbonyl (C=O) groups excluding carboxylic acids is 2. The highest BCUT2D eigenvalue weighted by atomic mass is 16.6. The number of ether oxygens (including phenoxy) is 3. The average Bonchev–Trinajstić information content (AvgIpc) is 2.65. The molecule has 9 nitrogen and oxygen atoms in total. The van der Waals surface area contributed by atoms with Gasteiger partial charge in [0.2, 0.25) is 0 Å². The van der Waals surface area contributed by atoms with Crippen molar-refractivity contribution in [3.8, 4) is 17.2 Å². The zero-order chi connectivity index (χ0) is 18.9. The Morgan fingerprint density at radius 2 is 1.73 bits per heavy atom. The Kier molecular flexibility index (Phi) is 6.49. The van der Waals surface area contributed by atoms with Crippen LogP contribution >= 0.6 is 0 Å². The minimum atomic E-state index is -0.569. The maximum absolute atomic E-state index is 11.7. The molecule has 0 saturated heterocycles. The summed E-state index contributed by atoms with van der Waals surface area (Å²) >= 11 is 0. The van der Waals surface area contributed by atoms with Crippen LogP contribution in [0.5, 0.6) is 17.2 Å². The standard InChI is InChI=1S/C17H16N2O7/c1-24-17(21)10-18-16(20)11-25-14-4-2-3-5-15(14)26-13-8-6-12(7-9-13)19(22)23/h2-9H,10-11H2,1H3,(H,18,20). The van der Waals surface area contributed by atoms with Gasteiger partial charge in [0.05, 0.1) is 12.0 Å². The molecule has 2 aromatic rings. The molecule has 0 radical (unpaired) electrons. The first-order valence-corrected chi connectivity index (χ1v) is 7.47. The van der Waals surface area contributed by atoms with Crippen molar-refractivity contribution in [3.05, 3.63) is 58.6 Å². The van der Waals surface area contributed by atoms with Crippen LogP contribution in [0, 0.1) is 10.1 Å². The fraction of sp³-hybridized carbons (Fsp3) is 0.176. The molecule has 0 atom stereocenters. The van der Waals surface area contributed by atoms with E-state index in [4.69, 9.17) is 9.47 Å². The third-order valence-electron chi connectivity index (χ3n) is 3.14. The number of benzene rings is 2. The molecule has 2 rings (SSSR count). The largest absolute Gasteiger partial charge is 0.480 e. The minimum absolute atomic E-state index is 0.0517. The van der Waals surface area contributed by atoms with Crippen LogP contribution in [0.2, 0.25) is 0 Å². The molecule has 0 saturated carbocycles. The van der Waals surface area contributed by atoms with Gasteiger partial charge in [-0.25, -0.2) is 0 Å². The molecule has 0 bridgehead atoms. The highest BCUT2D eigenvalue weighted by Crippen LogP contribution is 2.31. The lowest BCUT2D eigenvalue weighted by atomic mass is 10.3. The molecular formula is C17H16N2O7. The highest BCUT2D eigenvalue weighted by Gasteiger charge is 2.11. The smallest absolute Gasteiger partial charge is 0.325 e. The highest BCUT2D eigenvalue weighted by molar-refractivity contribution is 5.82. The van der Waals surface area contributed by atoms with E-state index < -0.39 is 16.8 Å². The van der Waals surface area contributed by atoms with Gasteiger partial charge in [-0.05, 0) is 24.3 Å². The lowest BCUT2D eigenvalue weighted by Crippen LogP contribution is -2.33. The Morgan fingerprint density at radius 1 is 1.08 bits per heavy atom. The Bertz CT molecular complexity index is 790. The van der Waals surface area contributed by atoms with Crippen molar-refractivity contribution >= 4 is 17.6 Å². The summed E-state index contributed by atoms with van der Waals surface area (Å²) in [5.41, 5.74) is -0.0517. The van der Waals surface area contributed by atoms with E-state index in [-0.39, 0.29) is 18.8 Å². The van der Waals surface area contributed by atoms with E-state index in [9.17, 15) is 19.7 Å². The summed E-state index contributed by atoms with van der Waals surface area (Å²) in [5.74, 6) is -0.0521. The monoisotopic (exact) mass is 360 g/mol. The average molecular weight is 360 g/mol. The van der Waals surface area contributed by atoms with Gasteiger partial charge in [0.1, 0.15) is 12.3 Å². The van der Waals surface area contributed by atoms with Crippen LogP contribution in [0.25, 0.3) is 0 Å². The first kappa shape index (κ1) is 18.7. The number of hydrogen-bond donors (Lipinski definition) is 1. The molecule has 9 heteroatoms. The lowest BCUT2D eigenvalue weighted by molar-refractivity contribution is -0.384. The second kappa shape index (κ2) is 9.02. The third kappa shape index (κ3) is 5.48. The number of nitro benzene ring substituents is 1. The summed E-state index contributed by atoms with van der Waals surface area (Å²) in [5, 5.41) is 13.0. The molecule has 0 aliphatic heterocycles. The molecule has 0 unspecified atom stereocenters. The number of nitrogens with one attached hydrogen (secondary N) is 1. The Morgan fingerprint density at radius 3 is 2.35 bits per heavy atom. The van der Waals surface area contributed by atoms with E-state index in [0.29, 0.717) is 17.2 Å². The third-order valence-corrected chi connectivity index (χ3v) is 3.14. The first-order chi connectivity index (χ1) is 12.5. The van der Waals surface area contributed by atoms with Crippen molar-refractivity contribution in [1.82, 2.24) is 5.32 Å². The van der Waals surface area contributed by atoms with Gasteiger partial charge in [0.25, 0.3) is 11.6 Å². The molecule has 0 spiro atoms. The quantitative estimate of drug-likeness (QED) is 0.435. The van der Waals surface area contributed by atoms with Crippen molar-refractivity contribution < 1.29 is 28.7 Å². The van der Waals surface area contributed by atoms with Crippen LogP contribution in [0.3, 0.4) is 0 Å². The van der Waals surface area contributed by atoms with Crippen molar-refractivity contribution in [2.75, 3.05) is 20.3 Å². The van der Waals surface area contributed by atoms with E-state index in [2.05, 4.69) is 10.1 Å². The molecule has 0 fully saturated rings. The molecule has 1 N–H and O–H groups in total. The van der Waals surface area contributed by atoms with Gasteiger partial charge in [-0.1, -0.05) is 12.1 Å². The first-order valence-electron chi connectivity index (χ1n) is 7.47. The zero-order valence-electron chi connectivity index (χ0n) is 13.8. The van der Waals surface area contributed by atoms with Crippen molar-refractivity contribution in [2.24, 2.45) is 0 Å². The Hall–Kier alpha value is -3.62. The minimum Gasteiger partial charge on any atom is -0.480 e. The van der Waals surface area contributed by atoms with Gasteiger partial charge < -0.3 is 19.5 Å². The van der Waals surface area contributed by atoms with E-state index in [1.165, 1.54) is 31.4 Å². The molecule has 26 heavy (non-hydrogen) atoms. The van der Waals surface area contributed by atoms with Gasteiger partial charge >= 0.3 is 5.97 Å². The molecule has 0 aromatic heterocycles. The molecular weight excluding hydrogens is 344 g/mol. The second-order valence-electron chi connectivity index (χ2n) is 4.94. The molecule has 2 aromatic carbocycles. The summed E-state index contributed by atoms with van der Waals surface area (Å²) < 4.78 is 15.5. The van der Waals surface area contributed by atoms with E-state index in [0.717, 1.165) is 0 Å². The van der Waals surface area contributed by atoms with Crippen LogP contribution in [0.1, 0.15) is 0 Å². The summed E-state index contributed by atoms with van der Waals surface area (Å²) in [7, 11) is 1.22. The summed E-state index contributed by atoms with van der Waals surface area (Å²) in [6, 6.07) is 12.2. The van der Waals surface area contributed by atoms with Gasteiger partial charge in [-0.2, -0.15) is 0 Å². The van der Waals surface area contributed by atoms with E-state index in [1.807, 2.05) is 0 Å². The molecule has 0 aliphatic carbocycles. The number of rotatable bonds is 8. The summed E-state index contributed by atoms with van der Waals surface area (Å²) in [6.07, 6.45) is 0. The fourth-order valence-electron chi connectivity index (χ4n) is 1.85. The van der Waals surface area contributed by atoms with Crippen LogP contribution in [0.15, 0.2) is 48.5 Å². The predicted molar refractivity (Wildman–Crippen MR) is 90.1 cm³/mol.